The van der Waals surface area contributed by atoms with E-state index in [1.54, 1.807) is 19.2 Å². The van der Waals surface area contributed by atoms with Gasteiger partial charge in [-0.3, -0.25) is 9.69 Å². The van der Waals surface area contributed by atoms with Crippen LogP contribution in [-0.2, 0) is 4.79 Å². The molecule has 7 heteroatoms. The summed E-state index contributed by atoms with van der Waals surface area (Å²) >= 11 is 0. The highest BCUT2D eigenvalue weighted by Crippen LogP contribution is 2.34. The van der Waals surface area contributed by atoms with Crippen LogP contribution in [-0.4, -0.2) is 73.6 Å². The summed E-state index contributed by atoms with van der Waals surface area (Å²) < 4.78 is 18.6. The number of likely N-dealkylation sites (tertiary alicyclic amines) is 1. The van der Waals surface area contributed by atoms with Gasteiger partial charge in [0.25, 0.3) is 0 Å². The lowest BCUT2D eigenvalue weighted by Crippen LogP contribution is -2.51. The Kier molecular flexibility index (Phi) is 6.22. The zero-order chi connectivity index (χ0) is 22.8. The van der Waals surface area contributed by atoms with Gasteiger partial charge in [-0.15, -0.1) is 0 Å². The molecule has 2 aliphatic heterocycles. The molecule has 0 unspecified atom stereocenters. The highest BCUT2D eigenvalue weighted by molar-refractivity contribution is 5.85. The van der Waals surface area contributed by atoms with Crippen molar-refractivity contribution in [2.24, 2.45) is 0 Å². The predicted molar refractivity (Wildman–Crippen MR) is 128 cm³/mol. The number of nitrogens with zero attached hydrogens (tertiary/aromatic N) is 3. The van der Waals surface area contributed by atoms with Gasteiger partial charge < -0.3 is 19.5 Å². The number of amides is 1. The Balaban J connectivity index is 1.12. The van der Waals surface area contributed by atoms with Gasteiger partial charge in [-0.2, -0.15) is 0 Å². The summed E-state index contributed by atoms with van der Waals surface area (Å²) in [5.41, 5.74) is 3.51. The monoisotopic (exact) mass is 450 g/mol. The second-order valence-electron chi connectivity index (χ2n) is 9.05. The van der Waals surface area contributed by atoms with Crippen molar-refractivity contribution in [1.82, 2.24) is 14.8 Å². The van der Waals surface area contributed by atoms with E-state index in [1.807, 2.05) is 11.0 Å². The molecule has 2 aliphatic rings. The summed E-state index contributed by atoms with van der Waals surface area (Å²) in [6.07, 6.45) is 4.24. The van der Waals surface area contributed by atoms with Crippen molar-refractivity contribution in [2.75, 3.05) is 57.8 Å². The van der Waals surface area contributed by atoms with Gasteiger partial charge in [0.15, 0.2) is 0 Å². The van der Waals surface area contributed by atoms with Gasteiger partial charge in [-0.1, -0.05) is 0 Å². The van der Waals surface area contributed by atoms with Crippen LogP contribution in [0.2, 0.25) is 0 Å². The Morgan fingerprint density at radius 1 is 1.03 bits per heavy atom. The molecule has 0 radical (unpaired) electrons. The van der Waals surface area contributed by atoms with E-state index >= 15 is 0 Å². The lowest BCUT2D eigenvalue weighted by atomic mass is 9.89. The van der Waals surface area contributed by atoms with Gasteiger partial charge in [0.05, 0.1) is 13.7 Å². The maximum atomic E-state index is 13.2. The van der Waals surface area contributed by atoms with Crippen LogP contribution in [0, 0.1) is 5.82 Å². The molecule has 174 valence electrons. The number of carbonyl (C=O) groups excluding carboxylic acids is 1. The molecule has 1 amide bonds. The van der Waals surface area contributed by atoms with Crippen molar-refractivity contribution in [3.8, 4) is 5.75 Å². The first-order valence-electron chi connectivity index (χ1n) is 11.8. The van der Waals surface area contributed by atoms with E-state index in [0.717, 1.165) is 56.0 Å². The van der Waals surface area contributed by atoms with E-state index < -0.39 is 0 Å². The highest BCUT2D eigenvalue weighted by Gasteiger charge is 2.27. The first-order chi connectivity index (χ1) is 16.1. The number of hydrogen-bond acceptors (Lipinski definition) is 4. The van der Waals surface area contributed by atoms with Gasteiger partial charge in [-0.05, 0) is 79.9 Å². The summed E-state index contributed by atoms with van der Waals surface area (Å²) in [5, 5.41) is 1.24. The normalized spacial score (nSPS) is 18.1. The quantitative estimate of drug-likeness (QED) is 0.642. The molecule has 6 nitrogen and oxygen atoms in total. The van der Waals surface area contributed by atoms with Crippen molar-refractivity contribution < 1.29 is 13.9 Å². The number of benzene rings is 2. The maximum absolute atomic E-state index is 13.2. The molecule has 0 saturated carbocycles. The molecule has 1 aromatic heterocycles. The zero-order valence-corrected chi connectivity index (χ0v) is 19.1. The van der Waals surface area contributed by atoms with E-state index in [9.17, 15) is 9.18 Å². The summed E-state index contributed by atoms with van der Waals surface area (Å²) in [4.78, 5) is 22.8. The van der Waals surface area contributed by atoms with Gasteiger partial charge in [0, 0.05) is 49.0 Å². The Morgan fingerprint density at radius 3 is 2.45 bits per heavy atom. The SMILES string of the molecule is COc1ccc2[nH]cc(C3CCN(CC(=O)N4CCN(c5ccc(F)cc5)CC4)CC3)c2c1. The third-order valence-corrected chi connectivity index (χ3v) is 7.13. The largest absolute Gasteiger partial charge is 0.497 e. The van der Waals surface area contributed by atoms with Crippen LogP contribution in [0.4, 0.5) is 10.1 Å². The summed E-state index contributed by atoms with van der Waals surface area (Å²) in [6, 6.07) is 12.8. The van der Waals surface area contributed by atoms with Crippen LogP contribution >= 0.6 is 0 Å². The van der Waals surface area contributed by atoms with Crippen LogP contribution < -0.4 is 9.64 Å². The maximum Gasteiger partial charge on any atom is 0.236 e. The van der Waals surface area contributed by atoms with E-state index in [2.05, 4.69) is 33.1 Å². The molecule has 1 N–H and O–H groups in total. The number of H-pyrrole nitrogens is 1. The molecule has 0 bridgehead atoms. The number of aromatic nitrogens is 1. The topological polar surface area (TPSA) is 51.8 Å². The second-order valence-corrected chi connectivity index (χ2v) is 9.05. The van der Waals surface area contributed by atoms with Gasteiger partial charge in [0.1, 0.15) is 11.6 Å². The summed E-state index contributed by atoms with van der Waals surface area (Å²) in [6.45, 7) is 5.34. The molecule has 0 spiro atoms. The van der Waals surface area contributed by atoms with Crippen molar-refractivity contribution >= 4 is 22.5 Å². The number of nitrogens with one attached hydrogen (secondary N) is 1. The molecule has 2 saturated heterocycles. The molecular formula is C26H31FN4O2. The minimum atomic E-state index is -0.222. The predicted octanol–water partition coefficient (Wildman–Crippen LogP) is 3.84. The van der Waals surface area contributed by atoms with E-state index in [1.165, 1.54) is 23.1 Å². The average Bonchev–Trinajstić information content (AvgIpc) is 3.28. The molecular weight excluding hydrogens is 419 g/mol. The fourth-order valence-corrected chi connectivity index (χ4v) is 5.15. The molecule has 0 atom stereocenters. The number of hydrogen-bond donors (Lipinski definition) is 1. The summed E-state index contributed by atoms with van der Waals surface area (Å²) in [7, 11) is 1.70. The third-order valence-electron chi connectivity index (χ3n) is 7.13. The highest BCUT2D eigenvalue weighted by atomic mass is 19.1. The first-order valence-corrected chi connectivity index (χ1v) is 11.8. The smallest absolute Gasteiger partial charge is 0.236 e. The molecule has 2 aromatic carbocycles. The minimum absolute atomic E-state index is 0.212. The van der Waals surface area contributed by atoms with E-state index in [0.29, 0.717) is 25.6 Å². The summed E-state index contributed by atoms with van der Waals surface area (Å²) in [5.74, 6) is 1.37. The Labute approximate surface area is 193 Å². The van der Waals surface area contributed by atoms with Crippen LogP contribution in [0.3, 0.4) is 0 Å². The number of anilines is 1. The lowest BCUT2D eigenvalue weighted by molar-refractivity contribution is -0.133. The molecule has 2 fully saturated rings. The van der Waals surface area contributed by atoms with Crippen molar-refractivity contribution in [3.05, 3.63) is 60.0 Å². The number of carbonyl (C=O) groups is 1. The first kappa shape index (κ1) is 21.8. The number of halogens is 1. The lowest BCUT2D eigenvalue weighted by Gasteiger charge is -2.38. The second kappa shape index (κ2) is 9.43. The number of ether oxygens (including phenoxy) is 1. The van der Waals surface area contributed by atoms with Gasteiger partial charge >= 0.3 is 0 Å². The van der Waals surface area contributed by atoms with Crippen LogP contribution in [0.1, 0.15) is 24.3 Å². The number of piperazine rings is 1. The standard InChI is InChI=1S/C26H31FN4O2/c1-33-22-6-7-25-23(16-22)24(17-28-25)19-8-10-29(11-9-19)18-26(32)31-14-12-30(13-15-31)21-4-2-20(27)3-5-21/h2-7,16-17,19,28H,8-15,18H2,1H3. The third kappa shape index (κ3) is 4.69. The molecule has 0 aliphatic carbocycles. The zero-order valence-electron chi connectivity index (χ0n) is 19.1. The van der Waals surface area contributed by atoms with Crippen molar-refractivity contribution in [1.29, 1.82) is 0 Å². The number of aromatic amines is 1. The van der Waals surface area contributed by atoms with Gasteiger partial charge in [-0.25, -0.2) is 4.39 Å². The number of piperidine rings is 1. The fraction of sp³-hybridized carbons (Fsp3) is 0.423. The Hall–Kier alpha value is -3.06. The van der Waals surface area contributed by atoms with E-state index in [-0.39, 0.29) is 11.7 Å². The van der Waals surface area contributed by atoms with Gasteiger partial charge in [0.2, 0.25) is 5.91 Å². The van der Waals surface area contributed by atoms with E-state index in [4.69, 9.17) is 4.74 Å². The van der Waals surface area contributed by atoms with Crippen LogP contribution in [0.5, 0.6) is 5.75 Å². The number of methoxy groups -OCH3 is 1. The van der Waals surface area contributed by atoms with Crippen molar-refractivity contribution in [2.45, 2.75) is 18.8 Å². The van der Waals surface area contributed by atoms with Crippen LogP contribution in [0.15, 0.2) is 48.7 Å². The fourth-order valence-electron chi connectivity index (χ4n) is 5.15. The molecule has 3 heterocycles. The molecule has 5 rings (SSSR count). The number of rotatable bonds is 5. The Morgan fingerprint density at radius 2 is 1.76 bits per heavy atom. The Bertz CT molecular complexity index is 1100. The number of fused-ring (bicyclic) bond motifs is 1. The van der Waals surface area contributed by atoms with Crippen LogP contribution in [0.25, 0.3) is 10.9 Å². The average molecular weight is 451 g/mol. The van der Waals surface area contributed by atoms with Crippen molar-refractivity contribution in [3.63, 3.8) is 0 Å². The molecule has 3 aromatic rings. The minimum Gasteiger partial charge on any atom is -0.497 e. The molecule has 33 heavy (non-hydrogen) atoms.